The lowest BCUT2D eigenvalue weighted by Gasteiger charge is -2.11. The average Bonchev–Trinajstić information content (AvgIpc) is 3.02. The van der Waals surface area contributed by atoms with Crippen LogP contribution >= 0.6 is 0 Å². The van der Waals surface area contributed by atoms with Crippen LogP contribution in [0.15, 0.2) is 53.4 Å². The van der Waals surface area contributed by atoms with Crippen molar-refractivity contribution in [1.29, 1.82) is 0 Å². The minimum Gasteiger partial charge on any atom is -0.406 e. The highest BCUT2D eigenvalue weighted by molar-refractivity contribution is 7.92. The Balaban J connectivity index is 1.74. The number of sulfonamides is 1. The van der Waals surface area contributed by atoms with Crippen LogP contribution < -0.4 is 14.8 Å². The molecule has 1 heterocycles. The third-order valence-electron chi connectivity index (χ3n) is 4.04. The molecule has 3 rings (SSSR count). The standard InChI is InChI=1S/C19H20F3N3O3S/c1-2-9-23-12-15-11-13-10-14(3-8-18(13)24-15)25-29(26,27)17-6-4-16(5-7-17)28-19(20,21)22/h3-8,10-11,23-25H,2,9,12H2,1H3. The van der Waals surface area contributed by atoms with E-state index in [1.807, 2.05) is 6.07 Å². The maximum Gasteiger partial charge on any atom is 0.573 e. The number of nitrogens with one attached hydrogen (secondary N) is 3. The Hall–Kier alpha value is -2.72. The second kappa shape index (κ2) is 8.34. The van der Waals surface area contributed by atoms with Crippen LogP contribution in [-0.4, -0.2) is 26.3 Å². The van der Waals surface area contributed by atoms with Crippen molar-refractivity contribution in [3.05, 3.63) is 54.2 Å². The van der Waals surface area contributed by atoms with Crippen molar-refractivity contribution in [2.45, 2.75) is 31.1 Å². The first kappa shape index (κ1) is 21.0. The first-order chi connectivity index (χ1) is 13.7. The van der Waals surface area contributed by atoms with E-state index in [2.05, 4.69) is 26.7 Å². The molecule has 3 N–H and O–H groups in total. The van der Waals surface area contributed by atoms with E-state index in [0.29, 0.717) is 12.2 Å². The fraction of sp³-hybridized carbons (Fsp3) is 0.263. The van der Waals surface area contributed by atoms with Gasteiger partial charge in [0.15, 0.2) is 0 Å². The van der Waals surface area contributed by atoms with Gasteiger partial charge in [0, 0.05) is 28.8 Å². The lowest BCUT2D eigenvalue weighted by atomic mass is 10.2. The van der Waals surface area contributed by atoms with Gasteiger partial charge in [0.05, 0.1) is 4.90 Å². The molecule has 0 atom stereocenters. The second-order valence-corrected chi connectivity index (χ2v) is 8.08. The van der Waals surface area contributed by atoms with E-state index in [-0.39, 0.29) is 4.90 Å². The predicted molar refractivity (Wildman–Crippen MR) is 104 cm³/mol. The molecular formula is C19H20F3N3O3S. The first-order valence-electron chi connectivity index (χ1n) is 8.87. The molecule has 0 aliphatic rings. The van der Waals surface area contributed by atoms with Gasteiger partial charge in [0.25, 0.3) is 10.0 Å². The molecule has 0 saturated carbocycles. The van der Waals surface area contributed by atoms with E-state index >= 15 is 0 Å². The number of halogens is 3. The molecule has 0 fully saturated rings. The van der Waals surface area contributed by atoms with Gasteiger partial charge < -0.3 is 15.0 Å². The van der Waals surface area contributed by atoms with Crippen molar-refractivity contribution >= 4 is 26.6 Å². The Morgan fingerprint density at radius 1 is 1.07 bits per heavy atom. The summed E-state index contributed by atoms with van der Waals surface area (Å²) in [6.07, 6.45) is -3.81. The zero-order chi connectivity index (χ0) is 21.1. The van der Waals surface area contributed by atoms with Crippen molar-refractivity contribution in [2.75, 3.05) is 11.3 Å². The number of hydrogen-bond donors (Lipinski definition) is 3. The Kier molecular flexibility index (Phi) is 6.04. The predicted octanol–water partition coefficient (Wildman–Crippen LogP) is 4.37. The smallest absolute Gasteiger partial charge is 0.406 e. The molecule has 0 aliphatic heterocycles. The van der Waals surface area contributed by atoms with Crippen molar-refractivity contribution in [1.82, 2.24) is 10.3 Å². The summed E-state index contributed by atoms with van der Waals surface area (Å²) in [5.74, 6) is -0.491. The van der Waals surface area contributed by atoms with Gasteiger partial charge >= 0.3 is 6.36 Å². The average molecular weight is 427 g/mol. The van der Waals surface area contributed by atoms with Crippen molar-refractivity contribution in [3.8, 4) is 5.75 Å². The van der Waals surface area contributed by atoms with Gasteiger partial charge in [-0.15, -0.1) is 13.2 Å². The highest BCUT2D eigenvalue weighted by atomic mass is 32.2. The number of rotatable bonds is 8. The van der Waals surface area contributed by atoms with Crippen LogP contribution in [-0.2, 0) is 16.6 Å². The minimum atomic E-state index is -4.84. The molecule has 10 heteroatoms. The third kappa shape index (κ3) is 5.64. The lowest BCUT2D eigenvalue weighted by Crippen LogP contribution is -2.17. The van der Waals surface area contributed by atoms with Crippen LogP contribution in [0.4, 0.5) is 18.9 Å². The lowest BCUT2D eigenvalue weighted by molar-refractivity contribution is -0.274. The number of benzene rings is 2. The van der Waals surface area contributed by atoms with Crippen LogP contribution in [0.3, 0.4) is 0 Å². The van der Waals surface area contributed by atoms with Crippen LogP contribution in [0.1, 0.15) is 19.0 Å². The summed E-state index contributed by atoms with van der Waals surface area (Å²) in [5, 5.41) is 4.12. The van der Waals surface area contributed by atoms with E-state index in [9.17, 15) is 21.6 Å². The minimum absolute atomic E-state index is 0.175. The molecule has 0 amide bonds. The fourth-order valence-corrected chi connectivity index (χ4v) is 3.84. The van der Waals surface area contributed by atoms with Gasteiger partial charge in [-0.3, -0.25) is 4.72 Å². The molecule has 0 saturated heterocycles. The molecule has 1 aromatic heterocycles. The van der Waals surface area contributed by atoms with Gasteiger partial charge in [-0.2, -0.15) is 0 Å². The number of aromatic nitrogens is 1. The van der Waals surface area contributed by atoms with Gasteiger partial charge in [0.1, 0.15) is 5.75 Å². The van der Waals surface area contributed by atoms with E-state index in [4.69, 9.17) is 0 Å². The molecule has 3 aromatic rings. The SMILES string of the molecule is CCCNCc1cc2cc(NS(=O)(=O)c3ccc(OC(F)(F)F)cc3)ccc2[nH]1. The maximum atomic E-state index is 12.5. The molecule has 0 unspecified atom stereocenters. The zero-order valence-electron chi connectivity index (χ0n) is 15.5. The quantitative estimate of drug-likeness (QED) is 0.466. The number of hydrogen-bond acceptors (Lipinski definition) is 4. The molecule has 2 aromatic carbocycles. The van der Waals surface area contributed by atoms with Crippen LogP contribution in [0.25, 0.3) is 10.9 Å². The number of aromatic amines is 1. The number of anilines is 1. The first-order valence-corrected chi connectivity index (χ1v) is 10.4. The van der Waals surface area contributed by atoms with Crippen LogP contribution in [0, 0.1) is 0 Å². The maximum absolute atomic E-state index is 12.5. The van der Waals surface area contributed by atoms with E-state index in [0.717, 1.165) is 53.8 Å². The number of H-pyrrole nitrogens is 1. The summed E-state index contributed by atoms with van der Waals surface area (Å²) < 4.78 is 67.9. The number of alkyl halides is 3. The van der Waals surface area contributed by atoms with E-state index < -0.39 is 22.1 Å². The van der Waals surface area contributed by atoms with Crippen molar-refractivity contribution in [3.63, 3.8) is 0 Å². The van der Waals surface area contributed by atoms with Crippen molar-refractivity contribution < 1.29 is 26.3 Å². The van der Waals surface area contributed by atoms with Gasteiger partial charge in [-0.25, -0.2) is 8.42 Å². The van der Waals surface area contributed by atoms with Crippen LogP contribution in [0.2, 0.25) is 0 Å². The number of ether oxygens (including phenoxy) is 1. The molecule has 156 valence electrons. The van der Waals surface area contributed by atoms with Gasteiger partial charge in [-0.05, 0) is 61.5 Å². The Morgan fingerprint density at radius 3 is 2.45 bits per heavy atom. The Morgan fingerprint density at radius 2 is 1.79 bits per heavy atom. The normalized spacial score (nSPS) is 12.3. The van der Waals surface area contributed by atoms with Gasteiger partial charge in [0.2, 0.25) is 0 Å². The summed E-state index contributed by atoms with van der Waals surface area (Å²) in [6.45, 7) is 3.65. The highest BCUT2D eigenvalue weighted by Crippen LogP contribution is 2.26. The molecule has 0 aliphatic carbocycles. The summed E-state index contributed by atoms with van der Waals surface area (Å²) in [7, 11) is -3.96. The zero-order valence-corrected chi connectivity index (χ0v) is 16.3. The largest absolute Gasteiger partial charge is 0.573 e. The van der Waals surface area contributed by atoms with Crippen molar-refractivity contribution in [2.24, 2.45) is 0 Å². The summed E-state index contributed by atoms with van der Waals surface area (Å²) in [5.41, 5.74) is 2.20. The Bertz CT molecular complexity index is 1080. The molecule has 0 bridgehead atoms. The topological polar surface area (TPSA) is 83.2 Å². The summed E-state index contributed by atoms with van der Waals surface area (Å²) >= 11 is 0. The fourth-order valence-electron chi connectivity index (χ4n) is 2.79. The molecular weight excluding hydrogens is 407 g/mol. The third-order valence-corrected chi connectivity index (χ3v) is 5.44. The summed E-state index contributed by atoms with van der Waals surface area (Å²) in [4.78, 5) is 3.08. The molecule has 0 radical (unpaired) electrons. The molecule has 29 heavy (non-hydrogen) atoms. The summed E-state index contributed by atoms with van der Waals surface area (Å²) in [6, 6.07) is 11.0. The van der Waals surface area contributed by atoms with Gasteiger partial charge in [-0.1, -0.05) is 6.92 Å². The molecule has 0 spiro atoms. The highest BCUT2D eigenvalue weighted by Gasteiger charge is 2.31. The number of fused-ring (bicyclic) bond motifs is 1. The second-order valence-electron chi connectivity index (χ2n) is 6.40. The Labute approximate surface area is 166 Å². The monoisotopic (exact) mass is 427 g/mol. The van der Waals surface area contributed by atoms with Crippen LogP contribution in [0.5, 0.6) is 5.75 Å². The molecule has 6 nitrogen and oxygen atoms in total. The van der Waals surface area contributed by atoms with E-state index in [1.54, 1.807) is 18.2 Å². The van der Waals surface area contributed by atoms with E-state index in [1.165, 1.54) is 0 Å².